The van der Waals surface area contributed by atoms with Crippen molar-refractivity contribution in [2.24, 2.45) is 0 Å². The maximum atomic E-state index is 12.9. The molecule has 28 heavy (non-hydrogen) atoms. The lowest BCUT2D eigenvalue weighted by molar-refractivity contribution is 0.413. The molecule has 0 aliphatic rings. The van der Waals surface area contributed by atoms with E-state index in [9.17, 15) is 8.42 Å². The van der Waals surface area contributed by atoms with Crippen LogP contribution in [0.2, 0.25) is 0 Å². The first kappa shape index (κ1) is 20.3. The fourth-order valence-electron chi connectivity index (χ4n) is 3.01. The molecule has 0 fully saturated rings. The van der Waals surface area contributed by atoms with Crippen LogP contribution in [0.5, 0.6) is 5.75 Å². The summed E-state index contributed by atoms with van der Waals surface area (Å²) in [6, 6.07) is 21.1. The van der Waals surface area contributed by atoms with Crippen LogP contribution in [0.4, 0.5) is 5.69 Å². The molecule has 0 heterocycles. The molecule has 3 rings (SSSR count). The normalized spacial score (nSPS) is 11.2. The summed E-state index contributed by atoms with van der Waals surface area (Å²) in [5.74, 6) is 1.47. The fraction of sp³-hybridized carbons (Fsp3) is 0.182. The zero-order valence-corrected chi connectivity index (χ0v) is 17.7. The van der Waals surface area contributed by atoms with E-state index >= 15 is 0 Å². The van der Waals surface area contributed by atoms with Gasteiger partial charge in [-0.2, -0.15) is 0 Å². The first-order chi connectivity index (χ1) is 13.4. The highest BCUT2D eigenvalue weighted by atomic mass is 32.2. The highest BCUT2D eigenvalue weighted by molar-refractivity contribution is 7.98. The molecule has 0 atom stereocenters. The Morgan fingerprint density at radius 1 is 0.929 bits per heavy atom. The third-order valence-corrected chi connectivity index (χ3v) is 7.06. The van der Waals surface area contributed by atoms with Gasteiger partial charge in [-0.25, -0.2) is 8.42 Å². The number of benzene rings is 3. The number of rotatable bonds is 7. The molecule has 0 amide bonds. The number of nitrogens with one attached hydrogen (secondary N) is 1. The first-order valence-corrected chi connectivity index (χ1v) is 11.3. The summed E-state index contributed by atoms with van der Waals surface area (Å²) >= 11 is 1.75. The molecule has 146 valence electrons. The average Bonchev–Trinajstić information content (AvgIpc) is 2.67. The molecule has 0 aromatic heterocycles. The lowest BCUT2D eigenvalue weighted by Crippen LogP contribution is -2.15. The Morgan fingerprint density at radius 2 is 1.54 bits per heavy atom. The second-order valence-corrected chi connectivity index (χ2v) is 9.16. The van der Waals surface area contributed by atoms with Gasteiger partial charge in [0.2, 0.25) is 0 Å². The molecule has 6 heteroatoms. The SMILES string of the molecule is COc1cc(C)c(S(=O)(=O)Nc2ccc(CSc3ccccc3)cc2)c(C)c1. The highest BCUT2D eigenvalue weighted by Gasteiger charge is 2.20. The summed E-state index contributed by atoms with van der Waals surface area (Å²) in [6.45, 7) is 3.54. The predicted octanol–water partition coefficient (Wildman–Crippen LogP) is 5.41. The Morgan fingerprint density at radius 3 is 2.11 bits per heavy atom. The second kappa shape index (κ2) is 8.71. The largest absolute Gasteiger partial charge is 0.497 e. The van der Waals surface area contributed by atoms with Gasteiger partial charge in [0.1, 0.15) is 5.75 Å². The van der Waals surface area contributed by atoms with Crippen molar-refractivity contribution in [1.29, 1.82) is 0 Å². The third kappa shape index (κ3) is 4.88. The zero-order valence-electron chi connectivity index (χ0n) is 16.1. The van der Waals surface area contributed by atoms with Crippen LogP contribution >= 0.6 is 11.8 Å². The number of methoxy groups -OCH3 is 1. The van der Waals surface area contributed by atoms with Crippen molar-refractivity contribution >= 4 is 27.5 Å². The van der Waals surface area contributed by atoms with Crippen LogP contribution in [-0.2, 0) is 15.8 Å². The number of thioether (sulfide) groups is 1. The average molecular weight is 414 g/mol. The summed E-state index contributed by atoms with van der Waals surface area (Å²) in [4.78, 5) is 1.50. The molecule has 0 radical (unpaired) electrons. The van der Waals surface area contributed by atoms with Crippen molar-refractivity contribution in [3.05, 3.63) is 83.4 Å². The summed E-state index contributed by atoms with van der Waals surface area (Å²) in [5.41, 5.74) is 2.98. The van der Waals surface area contributed by atoms with Gasteiger partial charge in [0.05, 0.1) is 12.0 Å². The maximum Gasteiger partial charge on any atom is 0.262 e. The molecule has 0 aliphatic carbocycles. The van der Waals surface area contributed by atoms with Gasteiger partial charge < -0.3 is 4.74 Å². The molecule has 1 N–H and O–H groups in total. The Bertz CT molecular complexity index is 1020. The Balaban J connectivity index is 1.73. The second-order valence-electron chi connectivity index (χ2n) is 6.49. The standard InChI is InChI=1S/C22H23NO3S2/c1-16-13-20(26-3)14-17(2)22(16)28(24,25)23-19-11-9-18(10-12-19)15-27-21-7-5-4-6-8-21/h4-14,23H,15H2,1-3H3. The number of hydrogen-bond donors (Lipinski definition) is 1. The van der Waals surface area contributed by atoms with Crippen molar-refractivity contribution in [2.45, 2.75) is 29.4 Å². The van der Waals surface area contributed by atoms with Crippen LogP contribution in [0.15, 0.2) is 76.5 Å². The van der Waals surface area contributed by atoms with E-state index in [0.717, 1.165) is 11.3 Å². The molecular formula is C22H23NO3S2. The summed E-state index contributed by atoms with van der Waals surface area (Å²) in [6.07, 6.45) is 0. The molecule has 0 spiro atoms. The van der Waals surface area contributed by atoms with Gasteiger partial charge in [-0.1, -0.05) is 30.3 Å². The minimum absolute atomic E-state index is 0.289. The van der Waals surface area contributed by atoms with Crippen molar-refractivity contribution in [1.82, 2.24) is 0 Å². The quantitative estimate of drug-likeness (QED) is 0.527. The fourth-order valence-corrected chi connectivity index (χ4v) is 5.40. The summed E-state index contributed by atoms with van der Waals surface area (Å²) in [7, 11) is -2.11. The van der Waals surface area contributed by atoms with Crippen molar-refractivity contribution < 1.29 is 13.2 Å². The van der Waals surface area contributed by atoms with Gasteiger partial charge in [-0.3, -0.25) is 4.72 Å². The minimum Gasteiger partial charge on any atom is -0.497 e. The van der Waals surface area contributed by atoms with E-state index in [-0.39, 0.29) is 4.90 Å². The van der Waals surface area contributed by atoms with E-state index in [4.69, 9.17) is 4.74 Å². The van der Waals surface area contributed by atoms with E-state index in [1.165, 1.54) is 4.90 Å². The van der Waals surface area contributed by atoms with Crippen molar-refractivity contribution in [3.63, 3.8) is 0 Å². The number of sulfonamides is 1. The zero-order chi connectivity index (χ0) is 20.1. The molecular weight excluding hydrogens is 390 g/mol. The van der Waals surface area contributed by atoms with Crippen molar-refractivity contribution in [2.75, 3.05) is 11.8 Å². The van der Waals surface area contributed by atoms with E-state index in [1.807, 2.05) is 30.3 Å². The topological polar surface area (TPSA) is 55.4 Å². The number of hydrogen-bond acceptors (Lipinski definition) is 4. The molecule has 3 aromatic carbocycles. The maximum absolute atomic E-state index is 12.9. The Hall–Kier alpha value is -2.44. The van der Waals surface area contributed by atoms with E-state index in [1.54, 1.807) is 57.0 Å². The first-order valence-electron chi connectivity index (χ1n) is 8.84. The molecule has 0 bridgehead atoms. The van der Waals surface area contributed by atoms with Gasteiger partial charge in [0.25, 0.3) is 10.0 Å². The molecule has 0 saturated heterocycles. The lowest BCUT2D eigenvalue weighted by Gasteiger charge is -2.14. The number of aryl methyl sites for hydroxylation is 2. The van der Waals surface area contributed by atoms with Gasteiger partial charge in [0, 0.05) is 16.3 Å². The van der Waals surface area contributed by atoms with Crippen LogP contribution in [0.25, 0.3) is 0 Å². The molecule has 3 aromatic rings. The summed E-state index contributed by atoms with van der Waals surface area (Å²) < 4.78 is 33.7. The summed E-state index contributed by atoms with van der Waals surface area (Å²) in [5, 5.41) is 0. The smallest absolute Gasteiger partial charge is 0.262 e. The third-order valence-electron chi connectivity index (χ3n) is 4.29. The van der Waals surface area contributed by atoms with Crippen LogP contribution in [0.3, 0.4) is 0 Å². The van der Waals surface area contributed by atoms with Crippen LogP contribution in [-0.4, -0.2) is 15.5 Å². The Kier molecular flexibility index (Phi) is 6.31. The monoisotopic (exact) mass is 413 g/mol. The highest BCUT2D eigenvalue weighted by Crippen LogP contribution is 2.28. The predicted molar refractivity (Wildman–Crippen MR) is 116 cm³/mol. The molecule has 0 saturated carbocycles. The van der Waals surface area contributed by atoms with Gasteiger partial charge >= 0.3 is 0 Å². The Labute approximate surface area is 171 Å². The van der Waals surface area contributed by atoms with Gasteiger partial charge in [-0.05, 0) is 66.9 Å². The van der Waals surface area contributed by atoms with Gasteiger partial charge in [-0.15, -0.1) is 11.8 Å². The molecule has 4 nitrogen and oxygen atoms in total. The van der Waals surface area contributed by atoms with E-state index in [2.05, 4.69) is 16.9 Å². The van der Waals surface area contributed by atoms with Crippen LogP contribution in [0.1, 0.15) is 16.7 Å². The molecule has 0 unspecified atom stereocenters. The van der Waals surface area contributed by atoms with Gasteiger partial charge in [0.15, 0.2) is 0 Å². The number of anilines is 1. The lowest BCUT2D eigenvalue weighted by atomic mass is 10.1. The number of ether oxygens (including phenoxy) is 1. The van der Waals surface area contributed by atoms with E-state index in [0.29, 0.717) is 22.6 Å². The van der Waals surface area contributed by atoms with Crippen molar-refractivity contribution in [3.8, 4) is 5.75 Å². The minimum atomic E-state index is -3.68. The van der Waals surface area contributed by atoms with E-state index < -0.39 is 10.0 Å². The molecule has 0 aliphatic heterocycles. The van der Waals surface area contributed by atoms with Crippen LogP contribution < -0.4 is 9.46 Å². The van der Waals surface area contributed by atoms with Crippen LogP contribution in [0, 0.1) is 13.8 Å².